The Bertz CT molecular complexity index is 1530. The number of aromatic nitrogens is 4. The van der Waals surface area contributed by atoms with Crippen molar-refractivity contribution in [3.05, 3.63) is 86.1 Å². The van der Waals surface area contributed by atoms with E-state index in [9.17, 15) is 9.59 Å². The molecule has 0 fully saturated rings. The number of hydrogen-bond acceptors (Lipinski definition) is 6. The number of aryl methyl sites for hydroxylation is 1. The topological polar surface area (TPSA) is 95.3 Å². The zero-order valence-corrected chi connectivity index (χ0v) is 20.3. The first kappa shape index (κ1) is 23.2. The van der Waals surface area contributed by atoms with Gasteiger partial charge in [0.15, 0.2) is 5.82 Å². The molecule has 0 amide bonds. The monoisotopic (exact) mass is 491 g/mol. The van der Waals surface area contributed by atoms with E-state index in [1.54, 1.807) is 4.57 Å². The molecule has 4 aromatic rings. The minimum Gasteiger partial charge on any atom is -0.339 e. The smallest absolute Gasteiger partial charge is 0.332 e. The van der Waals surface area contributed by atoms with Crippen molar-refractivity contribution in [3.63, 3.8) is 0 Å². The fraction of sp³-hybridized carbons (Fsp3) is 0.346. The summed E-state index contributed by atoms with van der Waals surface area (Å²) in [5, 5.41) is 6.80. The van der Waals surface area contributed by atoms with Crippen LogP contribution in [0.3, 0.4) is 0 Å². The maximum absolute atomic E-state index is 13.1. The molecule has 0 aliphatic carbocycles. The lowest BCUT2D eigenvalue weighted by Crippen LogP contribution is -2.41. The van der Waals surface area contributed by atoms with E-state index in [0.29, 0.717) is 54.1 Å². The van der Waals surface area contributed by atoms with E-state index in [4.69, 9.17) is 16.1 Å². The number of aliphatic imine (C=N–C) groups is 1. The molecule has 0 atom stereocenters. The molecule has 180 valence electrons. The summed E-state index contributed by atoms with van der Waals surface area (Å²) in [4.78, 5) is 34.8. The second-order valence-electron chi connectivity index (χ2n) is 8.78. The number of rotatable bonds is 9. The first-order valence-corrected chi connectivity index (χ1v) is 12.3. The fourth-order valence-corrected chi connectivity index (χ4v) is 4.64. The molecule has 0 unspecified atom stereocenters. The van der Waals surface area contributed by atoms with Gasteiger partial charge in [-0.15, -0.1) is 0 Å². The second kappa shape index (κ2) is 10.00. The highest BCUT2D eigenvalue weighted by Gasteiger charge is 2.24. The quantitative estimate of drug-likeness (QED) is 0.346. The third-order valence-electron chi connectivity index (χ3n) is 6.23. The van der Waals surface area contributed by atoms with Crippen molar-refractivity contribution < 1.29 is 4.52 Å². The number of unbranched alkanes of at least 4 members (excludes halogenated alkanes) is 1. The lowest BCUT2D eigenvalue weighted by Gasteiger charge is -2.13. The molecule has 0 saturated heterocycles. The molecule has 0 saturated carbocycles. The predicted molar refractivity (Wildman–Crippen MR) is 136 cm³/mol. The maximum atomic E-state index is 13.1. The first-order chi connectivity index (χ1) is 17.0. The zero-order valence-electron chi connectivity index (χ0n) is 19.5. The number of hydrogen-bond donors (Lipinski definition) is 0. The van der Waals surface area contributed by atoms with Gasteiger partial charge in [0.05, 0.1) is 5.56 Å². The van der Waals surface area contributed by atoms with Crippen molar-refractivity contribution in [1.82, 2.24) is 19.3 Å². The van der Waals surface area contributed by atoms with Crippen LogP contribution in [0.5, 0.6) is 0 Å². The molecular weight excluding hydrogens is 466 g/mol. The van der Waals surface area contributed by atoms with Crippen molar-refractivity contribution in [2.75, 3.05) is 0 Å². The van der Waals surface area contributed by atoms with E-state index in [-0.39, 0.29) is 24.2 Å². The summed E-state index contributed by atoms with van der Waals surface area (Å²) >= 11 is 6.09. The average Bonchev–Trinajstić information content (AvgIpc) is 3.47. The van der Waals surface area contributed by atoms with Gasteiger partial charge in [-0.1, -0.05) is 72.6 Å². The second-order valence-corrected chi connectivity index (χ2v) is 9.21. The van der Waals surface area contributed by atoms with E-state index < -0.39 is 0 Å². The molecule has 0 N–H and O–H groups in total. The largest absolute Gasteiger partial charge is 0.339 e. The van der Waals surface area contributed by atoms with Gasteiger partial charge in [-0.25, -0.2) is 9.79 Å². The van der Waals surface area contributed by atoms with Crippen LogP contribution in [0, 0.1) is 0 Å². The normalized spacial score (nSPS) is 12.8. The number of halogens is 1. The van der Waals surface area contributed by atoms with Gasteiger partial charge in [-0.3, -0.25) is 13.9 Å². The lowest BCUT2D eigenvalue weighted by molar-refractivity contribution is 0.366. The Kier molecular flexibility index (Phi) is 6.63. The first-order valence-electron chi connectivity index (χ1n) is 11.9. The SMILES string of the molecule is CCCCn1c2c(c(=O)n(CCCc3nc(Cc4ccc5ccccc5c4)no3)c1=O)CC(Cl)=N2. The molecule has 9 heteroatoms. The van der Waals surface area contributed by atoms with Crippen LogP contribution in [0.4, 0.5) is 5.82 Å². The summed E-state index contributed by atoms with van der Waals surface area (Å²) < 4.78 is 8.28. The molecule has 35 heavy (non-hydrogen) atoms. The number of fused-ring (bicyclic) bond motifs is 2. The minimum atomic E-state index is -0.347. The average molecular weight is 492 g/mol. The van der Waals surface area contributed by atoms with E-state index in [2.05, 4.69) is 52.4 Å². The van der Waals surface area contributed by atoms with Gasteiger partial charge in [0.2, 0.25) is 5.89 Å². The van der Waals surface area contributed by atoms with E-state index in [1.165, 1.54) is 15.3 Å². The standard InChI is InChI=1S/C26H26ClN5O3/c1-2-3-12-31-24-20(16-21(27)28-24)25(33)32(26(31)34)13-6-9-23-29-22(30-35-23)15-17-10-11-18-7-4-5-8-19(18)14-17/h4-5,7-8,10-11,14H,2-3,6,9,12-13,15-16H2,1H3. The van der Waals surface area contributed by atoms with Gasteiger partial charge >= 0.3 is 5.69 Å². The maximum Gasteiger partial charge on any atom is 0.332 e. The Labute approximate surface area is 206 Å². The molecule has 5 rings (SSSR count). The van der Waals surface area contributed by atoms with Crippen LogP contribution in [0.1, 0.15) is 49.0 Å². The third-order valence-corrected chi connectivity index (χ3v) is 6.45. The molecule has 3 heterocycles. The highest BCUT2D eigenvalue weighted by molar-refractivity contribution is 6.66. The molecule has 2 aromatic heterocycles. The van der Waals surface area contributed by atoms with Gasteiger partial charge < -0.3 is 4.52 Å². The Morgan fingerprint density at radius 1 is 1.03 bits per heavy atom. The van der Waals surface area contributed by atoms with Crippen LogP contribution >= 0.6 is 11.6 Å². The summed E-state index contributed by atoms with van der Waals surface area (Å²) in [6.45, 7) is 2.82. The molecule has 0 spiro atoms. The van der Waals surface area contributed by atoms with Crippen molar-refractivity contribution >= 4 is 33.4 Å². The van der Waals surface area contributed by atoms with Crippen molar-refractivity contribution in [1.29, 1.82) is 0 Å². The summed E-state index contributed by atoms with van der Waals surface area (Å²) in [5.74, 6) is 1.51. The van der Waals surface area contributed by atoms with Crippen LogP contribution in [0.25, 0.3) is 10.8 Å². The summed E-state index contributed by atoms with van der Waals surface area (Å²) in [5.41, 5.74) is 0.926. The molecule has 2 aromatic carbocycles. The van der Waals surface area contributed by atoms with E-state index in [1.807, 2.05) is 12.1 Å². The molecule has 1 aliphatic heterocycles. The highest BCUT2D eigenvalue weighted by Crippen LogP contribution is 2.24. The highest BCUT2D eigenvalue weighted by atomic mass is 35.5. The van der Waals surface area contributed by atoms with Crippen LogP contribution < -0.4 is 11.2 Å². The van der Waals surface area contributed by atoms with Gasteiger partial charge in [-0.05, 0) is 29.2 Å². The Morgan fingerprint density at radius 3 is 2.66 bits per heavy atom. The molecular formula is C26H26ClN5O3. The third kappa shape index (κ3) is 4.84. The Balaban J connectivity index is 1.27. The van der Waals surface area contributed by atoms with Crippen LogP contribution in [0.15, 0.2) is 61.6 Å². The van der Waals surface area contributed by atoms with Crippen molar-refractivity contribution in [2.24, 2.45) is 4.99 Å². The number of nitrogens with zero attached hydrogens (tertiary/aromatic N) is 5. The summed E-state index contributed by atoms with van der Waals surface area (Å²) in [6, 6.07) is 14.5. The van der Waals surface area contributed by atoms with Gasteiger partial charge in [0.25, 0.3) is 5.56 Å². The molecule has 1 aliphatic rings. The van der Waals surface area contributed by atoms with E-state index in [0.717, 1.165) is 18.4 Å². The van der Waals surface area contributed by atoms with Gasteiger partial charge in [0, 0.05) is 32.4 Å². The van der Waals surface area contributed by atoms with Crippen LogP contribution in [-0.2, 0) is 32.4 Å². The van der Waals surface area contributed by atoms with Crippen LogP contribution in [0.2, 0.25) is 0 Å². The van der Waals surface area contributed by atoms with Crippen molar-refractivity contribution in [3.8, 4) is 0 Å². The van der Waals surface area contributed by atoms with Gasteiger partial charge in [0.1, 0.15) is 11.0 Å². The lowest BCUT2D eigenvalue weighted by atomic mass is 10.1. The predicted octanol–water partition coefficient (Wildman–Crippen LogP) is 4.39. The molecule has 8 nitrogen and oxygen atoms in total. The van der Waals surface area contributed by atoms with Crippen LogP contribution in [-0.4, -0.2) is 24.4 Å². The fourth-order valence-electron chi connectivity index (χ4n) is 4.43. The van der Waals surface area contributed by atoms with E-state index >= 15 is 0 Å². The molecule has 0 radical (unpaired) electrons. The van der Waals surface area contributed by atoms with Crippen molar-refractivity contribution in [2.45, 2.75) is 58.5 Å². The number of benzene rings is 2. The Morgan fingerprint density at radius 2 is 1.83 bits per heavy atom. The minimum absolute atomic E-state index is 0.261. The zero-order chi connectivity index (χ0) is 24.4. The summed E-state index contributed by atoms with van der Waals surface area (Å²) in [6.07, 6.45) is 3.58. The summed E-state index contributed by atoms with van der Waals surface area (Å²) in [7, 11) is 0. The Hall–Kier alpha value is -3.52. The molecule has 0 bridgehead atoms. The van der Waals surface area contributed by atoms with Gasteiger partial charge in [-0.2, -0.15) is 4.98 Å².